The summed E-state index contributed by atoms with van der Waals surface area (Å²) < 4.78 is 0. The normalized spacial score (nSPS) is 18.6. The second-order valence-electron chi connectivity index (χ2n) is 3.21. The Bertz CT molecular complexity index is 375. The summed E-state index contributed by atoms with van der Waals surface area (Å²) in [6.45, 7) is 1.52. The summed E-state index contributed by atoms with van der Waals surface area (Å²) in [4.78, 5) is 18.3. The number of hydrogen-bond acceptors (Lipinski definition) is 3. The van der Waals surface area contributed by atoms with E-state index in [1.54, 1.807) is 17.2 Å². The number of carbonyl (C=O) groups excluding carboxylic acids is 1. The third-order valence-corrected chi connectivity index (χ3v) is 2.15. The fourth-order valence-corrected chi connectivity index (χ4v) is 1.51. The molecule has 1 aromatic carbocycles. The van der Waals surface area contributed by atoms with Gasteiger partial charge in [0, 0.05) is 18.8 Å². The molecule has 0 bridgehead atoms. The summed E-state index contributed by atoms with van der Waals surface area (Å²) in [5.41, 5.74) is 3.43. The van der Waals surface area contributed by atoms with Crippen molar-refractivity contribution in [2.24, 2.45) is 0 Å². The second-order valence-corrected chi connectivity index (χ2v) is 3.21. The van der Waals surface area contributed by atoms with Crippen LogP contribution in [0.15, 0.2) is 42.6 Å². The number of amides is 1. The highest BCUT2D eigenvalue weighted by Crippen LogP contribution is 2.19. The molecule has 1 atom stereocenters. The van der Waals surface area contributed by atoms with Crippen molar-refractivity contribution in [3.8, 4) is 0 Å². The van der Waals surface area contributed by atoms with Gasteiger partial charge >= 0.3 is 0 Å². The van der Waals surface area contributed by atoms with Crippen LogP contribution in [0.5, 0.6) is 0 Å². The Labute approximate surface area is 88.1 Å². The van der Waals surface area contributed by atoms with Crippen molar-refractivity contribution in [1.29, 1.82) is 0 Å². The summed E-state index contributed by atoms with van der Waals surface area (Å²) >= 11 is 0. The molecule has 0 fully saturated rings. The largest absolute Gasteiger partial charge is 0.280 e. The predicted molar refractivity (Wildman–Crippen MR) is 56.8 cm³/mol. The average Bonchev–Trinajstić information content (AvgIpc) is 2.72. The molecule has 0 spiro atoms. The van der Waals surface area contributed by atoms with E-state index in [1.807, 2.05) is 30.3 Å². The highest BCUT2D eigenvalue weighted by Gasteiger charge is 2.23. The van der Waals surface area contributed by atoms with Gasteiger partial charge in [-0.2, -0.15) is 0 Å². The van der Waals surface area contributed by atoms with Gasteiger partial charge in [-0.15, -0.1) is 0 Å². The lowest BCUT2D eigenvalue weighted by Gasteiger charge is -2.25. The van der Waals surface area contributed by atoms with Crippen LogP contribution in [0.4, 0.5) is 5.69 Å². The van der Waals surface area contributed by atoms with Crippen molar-refractivity contribution in [2.75, 3.05) is 4.90 Å². The van der Waals surface area contributed by atoms with E-state index >= 15 is 0 Å². The number of benzene rings is 1. The maximum Gasteiger partial charge on any atom is 0.226 e. The number of nitrogens with one attached hydrogen (secondary N) is 1. The van der Waals surface area contributed by atoms with E-state index in [0.717, 1.165) is 5.69 Å². The Kier molecular flexibility index (Phi) is 2.69. The summed E-state index contributed by atoms with van der Waals surface area (Å²) in [6, 6.07) is 9.42. The molecule has 1 heterocycles. The van der Waals surface area contributed by atoms with E-state index in [-0.39, 0.29) is 12.1 Å². The molecule has 4 nitrogen and oxygen atoms in total. The molecular formula is C11H12N2O2. The maximum absolute atomic E-state index is 11.5. The van der Waals surface area contributed by atoms with Crippen LogP contribution in [0.2, 0.25) is 0 Å². The van der Waals surface area contributed by atoms with Crippen molar-refractivity contribution in [1.82, 2.24) is 5.48 Å². The first-order chi connectivity index (χ1) is 7.29. The molecule has 1 amide bonds. The van der Waals surface area contributed by atoms with E-state index < -0.39 is 0 Å². The topological polar surface area (TPSA) is 41.6 Å². The van der Waals surface area contributed by atoms with Crippen LogP contribution in [-0.2, 0) is 9.63 Å². The highest BCUT2D eigenvalue weighted by atomic mass is 16.7. The molecule has 1 aliphatic rings. The average molecular weight is 204 g/mol. The zero-order valence-corrected chi connectivity index (χ0v) is 8.38. The quantitative estimate of drug-likeness (QED) is 0.792. The minimum Gasteiger partial charge on any atom is -0.280 e. The van der Waals surface area contributed by atoms with E-state index in [9.17, 15) is 4.79 Å². The van der Waals surface area contributed by atoms with Gasteiger partial charge in [-0.3, -0.25) is 15.2 Å². The monoisotopic (exact) mass is 204 g/mol. The van der Waals surface area contributed by atoms with Crippen LogP contribution in [0.1, 0.15) is 6.92 Å². The summed E-state index contributed by atoms with van der Waals surface area (Å²) in [6.07, 6.45) is 3.09. The number of nitrogens with zero attached hydrogens (tertiary/aromatic N) is 1. The third-order valence-electron chi connectivity index (χ3n) is 2.15. The lowest BCUT2D eigenvalue weighted by Crippen LogP contribution is -2.39. The molecule has 0 saturated heterocycles. The molecule has 2 rings (SSSR count). The zero-order chi connectivity index (χ0) is 10.7. The summed E-state index contributed by atoms with van der Waals surface area (Å²) in [7, 11) is 0. The van der Waals surface area contributed by atoms with Crippen molar-refractivity contribution in [3.63, 3.8) is 0 Å². The Balaban J connectivity index is 2.27. The van der Waals surface area contributed by atoms with E-state index in [1.165, 1.54) is 6.92 Å². The number of para-hydroxylation sites is 1. The van der Waals surface area contributed by atoms with Gasteiger partial charge in [-0.05, 0) is 18.2 Å². The Morgan fingerprint density at radius 3 is 2.67 bits per heavy atom. The third kappa shape index (κ3) is 1.99. The molecule has 4 heteroatoms. The number of hydroxylamine groups is 1. The highest BCUT2D eigenvalue weighted by molar-refractivity contribution is 5.92. The minimum absolute atomic E-state index is 0.0560. The Morgan fingerprint density at radius 1 is 1.40 bits per heavy atom. The van der Waals surface area contributed by atoms with Crippen molar-refractivity contribution < 1.29 is 9.63 Å². The van der Waals surface area contributed by atoms with Gasteiger partial charge in [0.2, 0.25) is 5.91 Å². The summed E-state index contributed by atoms with van der Waals surface area (Å²) in [5, 5.41) is 0. The fraction of sp³-hybridized carbons (Fsp3) is 0.182. The Morgan fingerprint density at radius 2 is 2.13 bits per heavy atom. The summed E-state index contributed by atoms with van der Waals surface area (Å²) in [5.74, 6) is -0.0560. The first kappa shape index (κ1) is 9.73. The molecule has 1 N–H and O–H groups in total. The molecule has 0 saturated carbocycles. The maximum atomic E-state index is 11.5. The van der Waals surface area contributed by atoms with Crippen LogP contribution in [0, 0.1) is 0 Å². The Hall–Kier alpha value is -1.81. The van der Waals surface area contributed by atoms with Gasteiger partial charge in [0.1, 0.15) is 0 Å². The van der Waals surface area contributed by atoms with Gasteiger partial charge in [-0.1, -0.05) is 18.2 Å². The van der Waals surface area contributed by atoms with Crippen molar-refractivity contribution >= 4 is 11.6 Å². The van der Waals surface area contributed by atoms with Crippen molar-refractivity contribution in [2.45, 2.75) is 13.2 Å². The number of hydrogen-bond donors (Lipinski definition) is 1. The molecule has 0 aliphatic carbocycles. The lowest BCUT2D eigenvalue weighted by molar-refractivity contribution is -0.119. The van der Waals surface area contributed by atoms with Crippen molar-refractivity contribution in [3.05, 3.63) is 42.6 Å². The van der Waals surface area contributed by atoms with Crippen LogP contribution in [0.3, 0.4) is 0 Å². The van der Waals surface area contributed by atoms with Crippen LogP contribution < -0.4 is 10.4 Å². The molecule has 0 radical (unpaired) electrons. The van der Waals surface area contributed by atoms with Gasteiger partial charge < -0.3 is 0 Å². The fourth-order valence-electron chi connectivity index (χ4n) is 1.51. The van der Waals surface area contributed by atoms with E-state index in [2.05, 4.69) is 5.48 Å². The molecule has 78 valence electrons. The predicted octanol–water partition coefficient (Wildman–Crippen LogP) is 1.41. The molecular weight excluding hydrogens is 192 g/mol. The van der Waals surface area contributed by atoms with Gasteiger partial charge in [0.15, 0.2) is 6.23 Å². The smallest absolute Gasteiger partial charge is 0.226 e. The first-order valence-electron chi connectivity index (χ1n) is 4.72. The molecule has 1 unspecified atom stereocenters. The van der Waals surface area contributed by atoms with E-state index in [4.69, 9.17) is 4.84 Å². The first-order valence-corrected chi connectivity index (χ1v) is 4.72. The zero-order valence-electron chi connectivity index (χ0n) is 8.38. The standard InChI is InChI=1S/C11H12N2O2/c1-9(14)13(11-7-8-12-15-11)10-5-3-2-4-6-10/h2-8,11-12H,1H3. The van der Waals surface area contributed by atoms with Crippen LogP contribution in [-0.4, -0.2) is 12.1 Å². The number of anilines is 1. The molecule has 0 aromatic heterocycles. The molecule has 1 aliphatic heterocycles. The van der Waals surface area contributed by atoms with Crippen LogP contribution in [0.25, 0.3) is 0 Å². The SMILES string of the molecule is CC(=O)N(c1ccccc1)C1C=CNO1. The van der Waals surface area contributed by atoms with Crippen LogP contribution >= 0.6 is 0 Å². The molecule has 15 heavy (non-hydrogen) atoms. The lowest BCUT2D eigenvalue weighted by atomic mass is 10.2. The number of carbonyl (C=O) groups is 1. The second kappa shape index (κ2) is 4.14. The minimum atomic E-state index is -0.370. The molecule has 1 aromatic rings. The van der Waals surface area contributed by atoms with E-state index in [0.29, 0.717) is 0 Å². The van der Waals surface area contributed by atoms with Gasteiger partial charge in [0.05, 0.1) is 0 Å². The van der Waals surface area contributed by atoms with Gasteiger partial charge in [-0.25, -0.2) is 4.84 Å². The van der Waals surface area contributed by atoms with Gasteiger partial charge in [0.25, 0.3) is 0 Å². The number of rotatable bonds is 2.